The number of non-ortho nitro benzene ring substituents is 1. The average molecular weight is 412 g/mol. The maximum absolute atomic E-state index is 10.7. The van der Waals surface area contributed by atoms with E-state index in [1.54, 1.807) is 37.6 Å². The quantitative estimate of drug-likeness (QED) is 0.309. The van der Waals surface area contributed by atoms with Crippen molar-refractivity contribution in [2.24, 2.45) is 5.10 Å². The van der Waals surface area contributed by atoms with Crippen LogP contribution in [-0.2, 0) is 6.61 Å². The molecule has 3 aromatic rings. The van der Waals surface area contributed by atoms with E-state index in [4.69, 9.17) is 21.1 Å². The molecule has 0 atom stereocenters. The van der Waals surface area contributed by atoms with E-state index < -0.39 is 4.92 Å². The molecular formula is C21H18ClN3O4. The second-order valence-corrected chi connectivity index (χ2v) is 6.37. The van der Waals surface area contributed by atoms with E-state index in [9.17, 15) is 10.1 Å². The van der Waals surface area contributed by atoms with Crippen LogP contribution in [0.4, 0.5) is 11.4 Å². The summed E-state index contributed by atoms with van der Waals surface area (Å²) in [5.74, 6) is 1.16. The highest BCUT2D eigenvalue weighted by molar-refractivity contribution is 6.31. The van der Waals surface area contributed by atoms with E-state index >= 15 is 0 Å². The molecule has 0 aliphatic rings. The fraction of sp³-hybridized carbons (Fsp3) is 0.0952. The van der Waals surface area contributed by atoms with Crippen LogP contribution >= 0.6 is 11.6 Å². The molecule has 0 heterocycles. The number of hydrazone groups is 1. The van der Waals surface area contributed by atoms with Crippen molar-refractivity contribution in [1.82, 2.24) is 0 Å². The number of ether oxygens (including phenoxy) is 2. The van der Waals surface area contributed by atoms with Crippen molar-refractivity contribution in [2.45, 2.75) is 6.61 Å². The van der Waals surface area contributed by atoms with Gasteiger partial charge in [0.25, 0.3) is 5.69 Å². The molecular weight excluding hydrogens is 394 g/mol. The Balaban J connectivity index is 1.68. The first-order chi connectivity index (χ1) is 14.1. The van der Waals surface area contributed by atoms with Gasteiger partial charge in [-0.15, -0.1) is 0 Å². The first-order valence-corrected chi connectivity index (χ1v) is 9.02. The van der Waals surface area contributed by atoms with E-state index in [1.807, 2.05) is 30.3 Å². The zero-order valence-electron chi connectivity index (χ0n) is 15.5. The van der Waals surface area contributed by atoms with E-state index in [0.29, 0.717) is 28.8 Å². The molecule has 0 fully saturated rings. The van der Waals surface area contributed by atoms with E-state index in [-0.39, 0.29) is 5.69 Å². The van der Waals surface area contributed by atoms with Crippen LogP contribution in [-0.4, -0.2) is 18.2 Å². The van der Waals surface area contributed by atoms with Crippen LogP contribution in [0.2, 0.25) is 5.02 Å². The molecule has 3 rings (SSSR count). The summed E-state index contributed by atoms with van der Waals surface area (Å²) < 4.78 is 11.2. The standard InChI is InChI=1S/C21H18ClN3O4/c1-28-20-11-6-15(12-21(20)29-14-16-4-2-3-5-19(16)22)13-23-24-17-7-9-18(10-8-17)25(26)27/h2-13,24H,14H2,1H3. The van der Waals surface area contributed by atoms with Crippen LogP contribution in [0.5, 0.6) is 11.5 Å². The molecule has 8 heteroatoms. The third kappa shape index (κ3) is 5.46. The van der Waals surface area contributed by atoms with Gasteiger partial charge in [-0.3, -0.25) is 15.5 Å². The van der Waals surface area contributed by atoms with Crippen molar-refractivity contribution in [1.29, 1.82) is 0 Å². The molecule has 0 radical (unpaired) electrons. The maximum Gasteiger partial charge on any atom is 0.269 e. The highest BCUT2D eigenvalue weighted by Gasteiger charge is 2.07. The van der Waals surface area contributed by atoms with Gasteiger partial charge in [0.1, 0.15) is 6.61 Å². The van der Waals surface area contributed by atoms with Gasteiger partial charge in [0.15, 0.2) is 11.5 Å². The lowest BCUT2D eigenvalue weighted by Gasteiger charge is -2.12. The van der Waals surface area contributed by atoms with Crippen LogP contribution in [0, 0.1) is 10.1 Å². The minimum atomic E-state index is -0.450. The van der Waals surface area contributed by atoms with Crippen molar-refractivity contribution < 1.29 is 14.4 Å². The zero-order valence-corrected chi connectivity index (χ0v) is 16.3. The topological polar surface area (TPSA) is 86.0 Å². The lowest BCUT2D eigenvalue weighted by molar-refractivity contribution is -0.384. The minimum Gasteiger partial charge on any atom is -0.493 e. The fourth-order valence-corrected chi connectivity index (χ4v) is 2.69. The molecule has 148 valence electrons. The van der Waals surface area contributed by atoms with E-state index in [2.05, 4.69) is 10.5 Å². The number of nitro benzene ring substituents is 1. The Labute approximate surface area is 172 Å². The molecule has 0 amide bonds. The summed E-state index contributed by atoms with van der Waals surface area (Å²) in [7, 11) is 1.57. The van der Waals surface area contributed by atoms with Crippen LogP contribution in [0.15, 0.2) is 71.8 Å². The molecule has 29 heavy (non-hydrogen) atoms. The lowest BCUT2D eigenvalue weighted by atomic mass is 10.2. The number of benzene rings is 3. The monoisotopic (exact) mass is 411 g/mol. The number of hydrogen-bond donors (Lipinski definition) is 1. The highest BCUT2D eigenvalue weighted by atomic mass is 35.5. The Morgan fingerprint density at radius 1 is 1.10 bits per heavy atom. The number of nitrogens with one attached hydrogen (secondary N) is 1. The number of methoxy groups -OCH3 is 1. The molecule has 0 unspecified atom stereocenters. The van der Waals surface area contributed by atoms with Crippen molar-refractivity contribution >= 4 is 29.2 Å². The fourth-order valence-electron chi connectivity index (χ4n) is 2.50. The highest BCUT2D eigenvalue weighted by Crippen LogP contribution is 2.29. The number of rotatable bonds is 8. The van der Waals surface area contributed by atoms with E-state index in [0.717, 1.165) is 11.1 Å². The minimum absolute atomic E-state index is 0.0231. The predicted molar refractivity (Wildman–Crippen MR) is 113 cm³/mol. The van der Waals surface area contributed by atoms with Gasteiger partial charge in [-0.1, -0.05) is 29.8 Å². The van der Waals surface area contributed by atoms with Crippen molar-refractivity contribution in [3.05, 3.63) is 93.0 Å². The van der Waals surface area contributed by atoms with Gasteiger partial charge in [0.05, 0.1) is 23.9 Å². The predicted octanol–water partition coefficient (Wildman–Crippen LogP) is 5.28. The molecule has 0 saturated heterocycles. The molecule has 1 N–H and O–H groups in total. The van der Waals surface area contributed by atoms with Crippen LogP contribution in [0.1, 0.15) is 11.1 Å². The zero-order chi connectivity index (χ0) is 20.6. The molecule has 7 nitrogen and oxygen atoms in total. The summed E-state index contributed by atoms with van der Waals surface area (Å²) in [4.78, 5) is 10.2. The summed E-state index contributed by atoms with van der Waals surface area (Å²) in [6.45, 7) is 0.303. The molecule has 0 aliphatic heterocycles. The van der Waals surface area contributed by atoms with Gasteiger partial charge in [0, 0.05) is 22.7 Å². The Hall–Kier alpha value is -3.58. The molecule has 0 saturated carbocycles. The van der Waals surface area contributed by atoms with Gasteiger partial charge in [-0.25, -0.2) is 0 Å². The summed E-state index contributed by atoms with van der Waals surface area (Å²) >= 11 is 6.17. The van der Waals surface area contributed by atoms with Crippen LogP contribution in [0.25, 0.3) is 0 Å². The van der Waals surface area contributed by atoms with Gasteiger partial charge >= 0.3 is 0 Å². The summed E-state index contributed by atoms with van der Waals surface area (Å²) in [6, 6.07) is 18.9. The molecule has 0 aliphatic carbocycles. The second-order valence-electron chi connectivity index (χ2n) is 5.96. The third-order valence-corrected chi connectivity index (χ3v) is 4.38. The van der Waals surface area contributed by atoms with E-state index in [1.165, 1.54) is 12.1 Å². The molecule has 0 bridgehead atoms. The van der Waals surface area contributed by atoms with Gasteiger partial charge in [0.2, 0.25) is 0 Å². The largest absolute Gasteiger partial charge is 0.493 e. The van der Waals surface area contributed by atoms with Crippen molar-refractivity contribution in [2.75, 3.05) is 12.5 Å². The maximum atomic E-state index is 10.7. The summed E-state index contributed by atoms with van der Waals surface area (Å²) in [5, 5.41) is 15.5. The smallest absolute Gasteiger partial charge is 0.269 e. The Kier molecular flexibility index (Phi) is 6.65. The Bertz CT molecular complexity index is 1020. The van der Waals surface area contributed by atoms with Gasteiger partial charge in [-0.05, 0) is 42.0 Å². The number of halogens is 1. The summed E-state index contributed by atoms with van der Waals surface area (Å²) in [5.41, 5.74) is 5.14. The lowest BCUT2D eigenvalue weighted by Crippen LogP contribution is -1.99. The van der Waals surface area contributed by atoms with Crippen LogP contribution in [0.3, 0.4) is 0 Å². The van der Waals surface area contributed by atoms with Crippen LogP contribution < -0.4 is 14.9 Å². The first-order valence-electron chi connectivity index (χ1n) is 8.64. The number of hydrogen-bond acceptors (Lipinski definition) is 6. The van der Waals surface area contributed by atoms with Crippen molar-refractivity contribution in [3.63, 3.8) is 0 Å². The van der Waals surface area contributed by atoms with Crippen molar-refractivity contribution in [3.8, 4) is 11.5 Å². The second kappa shape index (κ2) is 9.57. The summed E-state index contributed by atoms with van der Waals surface area (Å²) in [6.07, 6.45) is 1.61. The average Bonchev–Trinajstić information content (AvgIpc) is 2.73. The molecule has 0 spiro atoms. The number of anilines is 1. The number of nitrogens with zero attached hydrogens (tertiary/aromatic N) is 2. The molecule has 0 aromatic heterocycles. The molecule has 3 aromatic carbocycles. The van der Waals surface area contributed by atoms with Gasteiger partial charge in [-0.2, -0.15) is 5.10 Å². The number of nitro groups is 1. The third-order valence-electron chi connectivity index (χ3n) is 4.01. The SMILES string of the molecule is COc1ccc(C=NNc2ccc([N+](=O)[O-])cc2)cc1OCc1ccccc1Cl. The Morgan fingerprint density at radius 3 is 2.55 bits per heavy atom. The Morgan fingerprint density at radius 2 is 1.86 bits per heavy atom. The first kappa shape index (κ1) is 20.2. The normalized spacial score (nSPS) is 10.7. The van der Waals surface area contributed by atoms with Gasteiger partial charge < -0.3 is 9.47 Å².